The summed E-state index contributed by atoms with van der Waals surface area (Å²) >= 11 is 3.41. The lowest BCUT2D eigenvalue weighted by molar-refractivity contribution is 0.431. The number of aromatic nitrogens is 2. The minimum Gasteiger partial charge on any atom is -0.438 e. The number of nitrogens with zero attached hydrogens (tertiary/aromatic N) is 3. The Morgan fingerprint density at radius 2 is 1.48 bits per heavy atom. The molecule has 0 aliphatic heterocycles. The molecule has 6 heteroatoms. The number of hydrogen-bond acceptors (Lipinski definition) is 5. The fraction of sp³-hybridized carbons (Fsp3) is 0. The molecule has 0 fully saturated rings. The van der Waals surface area contributed by atoms with Crippen molar-refractivity contribution in [3.8, 4) is 29.3 Å². The van der Waals surface area contributed by atoms with E-state index in [1.165, 1.54) is 6.33 Å². The highest BCUT2D eigenvalue weighted by molar-refractivity contribution is 9.10. The normalized spacial score (nSPS) is 9.91. The highest BCUT2D eigenvalue weighted by atomic mass is 79.9. The summed E-state index contributed by atoms with van der Waals surface area (Å²) in [5.74, 6) is 1.70. The molecule has 0 bridgehead atoms. The Bertz CT molecular complexity index is 877. The van der Waals surface area contributed by atoms with E-state index >= 15 is 0 Å². The topological polar surface area (TPSA) is 68.0 Å². The summed E-state index contributed by atoms with van der Waals surface area (Å²) in [6.45, 7) is 0. The summed E-state index contributed by atoms with van der Waals surface area (Å²) in [6.07, 6.45) is 1.34. The number of para-hydroxylation sites is 2. The van der Waals surface area contributed by atoms with Gasteiger partial charge in [-0.3, -0.25) is 0 Å². The second-order valence-corrected chi connectivity index (χ2v) is 5.29. The number of ether oxygens (including phenoxy) is 2. The molecule has 5 nitrogen and oxygen atoms in total. The molecular weight excluding hydrogens is 358 g/mol. The van der Waals surface area contributed by atoms with Gasteiger partial charge >= 0.3 is 0 Å². The second-order valence-electron chi connectivity index (χ2n) is 4.44. The molecule has 0 amide bonds. The predicted octanol–water partition coefficient (Wildman–Crippen LogP) is 4.70. The van der Waals surface area contributed by atoms with Crippen LogP contribution >= 0.6 is 15.9 Å². The average Bonchev–Trinajstić information content (AvgIpc) is 2.58. The van der Waals surface area contributed by atoms with Gasteiger partial charge in [-0.15, -0.1) is 0 Å². The summed E-state index contributed by atoms with van der Waals surface area (Å²) in [6, 6.07) is 18.0. The standard InChI is InChI=1S/C17H10BrN3O2/c18-13-6-2-4-8-15(13)23-17-9-16(20-11-21-17)22-14-7-3-1-5-12(14)10-19/h1-9,11H. The molecule has 112 valence electrons. The minimum absolute atomic E-state index is 0.296. The van der Waals surface area contributed by atoms with Crippen molar-refractivity contribution in [1.82, 2.24) is 9.97 Å². The van der Waals surface area contributed by atoms with E-state index in [0.717, 1.165) is 4.47 Å². The molecule has 3 aromatic rings. The first-order chi connectivity index (χ1) is 11.3. The van der Waals surface area contributed by atoms with Crippen molar-refractivity contribution in [1.29, 1.82) is 5.26 Å². The first-order valence-electron chi connectivity index (χ1n) is 6.67. The van der Waals surface area contributed by atoms with Gasteiger partial charge in [0.25, 0.3) is 0 Å². The monoisotopic (exact) mass is 367 g/mol. The Morgan fingerprint density at radius 3 is 2.17 bits per heavy atom. The Morgan fingerprint density at radius 1 is 0.870 bits per heavy atom. The molecule has 23 heavy (non-hydrogen) atoms. The highest BCUT2D eigenvalue weighted by Crippen LogP contribution is 2.30. The molecule has 0 aliphatic carbocycles. The first kappa shape index (κ1) is 15.0. The van der Waals surface area contributed by atoms with Crippen molar-refractivity contribution in [2.45, 2.75) is 0 Å². The number of nitriles is 1. The Kier molecular flexibility index (Phi) is 4.50. The van der Waals surface area contributed by atoms with Gasteiger partial charge in [0.15, 0.2) is 0 Å². The maximum absolute atomic E-state index is 9.08. The van der Waals surface area contributed by atoms with Crippen LogP contribution in [0.15, 0.2) is 65.4 Å². The van der Waals surface area contributed by atoms with Gasteiger partial charge in [0.05, 0.1) is 16.1 Å². The third-order valence-corrected chi connectivity index (χ3v) is 3.55. The number of rotatable bonds is 4. The zero-order chi connectivity index (χ0) is 16.1. The Balaban J connectivity index is 1.83. The quantitative estimate of drug-likeness (QED) is 0.668. The molecule has 0 atom stereocenters. The summed E-state index contributed by atoms with van der Waals surface area (Å²) in [7, 11) is 0. The molecule has 0 spiro atoms. The summed E-state index contributed by atoms with van der Waals surface area (Å²) in [5.41, 5.74) is 0.430. The lowest BCUT2D eigenvalue weighted by Crippen LogP contribution is -1.94. The van der Waals surface area contributed by atoms with Crippen molar-refractivity contribution >= 4 is 15.9 Å². The molecule has 0 N–H and O–H groups in total. The van der Waals surface area contributed by atoms with E-state index in [2.05, 4.69) is 32.0 Å². The molecule has 0 radical (unpaired) electrons. The third-order valence-electron chi connectivity index (χ3n) is 2.89. The zero-order valence-corrected chi connectivity index (χ0v) is 13.4. The van der Waals surface area contributed by atoms with Crippen LogP contribution in [0.2, 0.25) is 0 Å². The number of halogens is 1. The van der Waals surface area contributed by atoms with Crippen LogP contribution in [-0.2, 0) is 0 Å². The van der Waals surface area contributed by atoms with Crippen molar-refractivity contribution < 1.29 is 9.47 Å². The van der Waals surface area contributed by atoms with Crippen LogP contribution in [0, 0.1) is 11.3 Å². The van der Waals surface area contributed by atoms with Gasteiger partial charge in [-0.1, -0.05) is 24.3 Å². The van der Waals surface area contributed by atoms with Crippen LogP contribution in [0.3, 0.4) is 0 Å². The van der Waals surface area contributed by atoms with Crippen LogP contribution in [0.4, 0.5) is 0 Å². The van der Waals surface area contributed by atoms with Gasteiger partial charge in [-0.05, 0) is 40.2 Å². The largest absolute Gasteiger partial charge is 0.438 e. The lowest BCUT2D eigenvalue weighted by Gasteiger charge is -2.09. The van der Waals surface area contributed by atoms with Crippen LogP contribution in [-0.4, -0.2) is 9.97 Å². The maximum Gasteiger partial charge on any atom is 0.226 e. The lowest BCUT2D eigenvalue weighted by atomic mass is 10.2. The fourth-order valence-corrected chi connectivity index (χ4v) is 2.20. The van der Waals surface area contributed by atoms with Crippen molar-refractivity contribution in [3.63, 3.8) is 0 Å². The van der Waals surface area contributed by atoms with Crippen LogP contribution in [0.1, 0.15) is 5.56 Å². The molecule has 1 heterocycles. The third kappa shape index (κ3) is 3.65. The van der Waals surface area contributed by atoms with E-state index in [1.807, 2.05) is 24.3 Å². The molecular formula is C17H10BrN3O2. The van der Waals surface area contributed by atoms with Gasteiger partial charge in [0, 0.05) is 0 Å². The van der Waals surface area contributed by atoms with Gasteiger partial charge in [-0.25, -0.2) is 9.97 Å². The van der Waals surface area contributed by atoms with E-state index in [-0.39, 0.29) is 0 Å². The van der Waals surface area contributed by atoms with Gasteiger partial charge in [0.1, 0.15) is 23.9 Å². The minimum atomic E-state index is 0.296. The van der Waals surface area contributed by atoms with E-state index < -0.39 is 0 Å². The highest BCUT2D eigenvalue weighted by Gasteiger charge is 2.08. The molecule has 0 saturated carbocycles. The average molecular weight is 368 g/mol. The summed E-state index contributed by atoms with van der Waals surface area (Å²) in [5, 5.41) is 9.08. The van der Waals surface area contributed by atoms with E-state index in [9.17, 15) is 0 Å². The molecule has 2 aromatic carbocycles. The SMILES string of the molecule is N#Cc1ccccc1Oc1cc(Oc2ccccc2Br)ncn1. The Hall–Kier alpha value is -2.91. The predicted molar refractivity (Wildman–Crippen MR) is 87.5 cm³/mol. The second kappa shape index (κ2) is 6.90. The van der Waals surface area contributed by atoms with E-state index in [4.69, 9.17) is 14.7 Å². The smallest absolute Gasteiger partial charge is 0.226 e. The van der Waals surface area contributed by atoms with Crippen LogP contribution < -0.4 is 9.47 Å². The van der Waals surface area contributed by atoms with Gasteiger partial charge < -0.3 is 9.47 Å². The Labute approximate surface area is 141 Å². The van der Waals surface area contributed by atoms with Crippen LogP contribution in [0.25, 0.3) is 0 Å². The summed E-state index contributed by atoms with van der Waals surface area (Å²) in [4.78, 5) is 8.10. The van der Waals surface area contributed by atoms with Crippen molar-refractivity contribution in [2.24, 2.45) is 0 Å². The number of hydrogen-bond donors (Lipinski definition) is 0. The van der Waals surface area contributed by atoms with Crippen molar-refractivity contribution in [2.75, 3.05) is 0 Å². The van der Waals surface area contributed by atoms with E-state index in [1.54, 1.807) is 30.3 Å². The zero-order valence-electron chi connectivity index (χ0n) is 11.8. The molecule has 0 aliphatic rings. The molecule has 0 saturated heterocycles. The fourth-order valence-electron chi connectivity index (χ4n) is 1.84. The number of benzene rings is 2. The first-order valence-corrected chi connectivity index (χ1v) is 7.47. The van der Waals surface area contributed by atoms with E-state index in [0.29, 0.717) is 28.8 Å². The van der Waals surface area contributed by atoms with Gasteiger partial charge in [0.2, 0.25) is 11.8 Å². The molecule has 3 rings (SSSR count). The van der Waals surface area contributed by atoms with Crippen LogP contribution in [0.5, 0.6) is 23.3 Å². The van der Waals surface area contributed by atoms with Crippen molar-refractivity contribution in [3.05, 3.63) is 71.0 Å². The van der Waals surface area contributed by atoms with Gasteiger partial charge in [-0.2, -0.15) is 5.26 Å². The molecule has 1 aromatic heterocycles. The summed E-state index contributed by atoms with van der Waals surface area (Å²) < 4.78 is 12.2. The molecule has 0 unspecified atom stereocenters. The maximum atomic E-state index is 9.08.